The van der Waals surface area contributed by atoms with Gasteiger partial charge in [-0.15, -0.1) is 24.0 Å². The lowest BCUT2D eigenvalue weighted by Crippen LogP contribution is -2.39. The molecule has 0 atom stereocenters. The third-order valence-electron chi connectivity index (χ3n) is 5.58. The third-order valence-corrected chi connectivity index (χ3v) is 5.58. The fourth-order valence-electron chi connectivity index (χ4n) is 3.49. The van der Waals surface area contributed by atoms with Crippen LogP contribution >= 0.6 is 24.0 Å². The maximum Gasteiger partial charge on any atom is 0.191 e. The summed E-state index contributed by atoms with van der Waals surface area (Å²) >= 11 is 0. The van der Waals surface area contributed by atoms with E-state index < -0.39 is 0 Å². The first-order valence-corrected chi connectivity index (χ1v) is 10.4. The molecule has 0 spiro atoms. The highest BCUT2D eigenvalue weighted by Gasteiger charge is 2.25. The molecule has 6 heteroatoms. The van der Waals surface area contributed by atoms with E-state index in [4.69, 9.17) is 9.73 Å². The van der Waals surface area contributed by atoms with Crippen molar-refractivity contribution >= 4 is 29.9 Å². The molecule has 0 bridgehead atoms. The molecule has 0 aromatic carbocycles. The zero-order valence-corrected chi connectivity index (χ0v) is 19.5. The highest BCUT2D eigenvalue weighted by Crippen LogP contribution is 2.30. The quantitative estimate of drug-likeness (QED) is 0.169. The standard InChI is InChI=1S/C20H41N3O2.HI/c1-4-20(5-2,13-15-24)17-23-19(21-6-3)22-14-10-16-25-18-11-8-7-9-12-18;/h18,24H,4-17H2,1-3H3,(H2,21,22,23);1H. The molecule has 0 unspecified atom stereocenters. The van der Waals surface area contributed by atoms with Gasteiger partial charge in [-0.05, 0) is 50.9 Å². The lowest BCUT2D eigenvalue weighted by Gasteiger charge is -2.29. The summed E-state index contributed by atoms with van der Waals surface area (Å²) in [7, 11) is 0. The maximum atomic E-state index is 9.35. The summed E-state index contributed by atoms with van der Waals surface area (Å²) in [4.78, 5) is 4.78. The molecule has 5 nitrogen and oxygen atoms in total. The number of aliphatic hydroxyl groups is 1. The Morgan fingerprint density at radius 3 is 2.38 bits per heavy atom. The van der Waals surface area contributed by atoms with Crippen molar-refractivity contribution in [2.75, 3.05) is 32.8 Å². The molecule has 1 aliphatic carbocycles. The van der Waals surface area contributed by atoms with Crippen LogP contribution in [-0.4, -0.2) is 50.0 Å². The summed E-state index contributed by atoms with van der Waals surface area (Å²) in [6.45, 7) is 10.0. The van der Waals surface area contributed by atoms with Crippen molar-refractivity contribution in [2.45, 2.75) is 84.7 Å². The Labute approximate surface area is 178 Å². The van der Waals surface area contributed by atoms with E-state index in [1.165, 1.54) is 32.1 Å². The Bertz CT molecular complexity index is 357. The van der Waals surface area contributed by atoms with Crippen LogP contribution in [0.4, 0.5) is 0 Å². The van der Waals surface area contributed by atoms with E-state index in [-0.39, 0.29) is 36.0 Å². The summed E-state index contributed by atoms with van der Waals surface area (Å²) in [5.41, 5.74) is 0.112. The zero-order chi connectivity index (χ0) is 18.4. The average molecular weight is 483 g/mol. The van der Waals surface area contributed by atoms with Gasteiger partial charge in [-0.1, -0.05) is 33.1 Å². The molecule has 0 aromatic rings. The molecule has 1 rings (SSSR count). The summed E-state index contributed by atoms with van der Waals surface area (Å²) in [5.74, 6) is 0.879. The minimum absolute atomic E-state index is 0. The number of hydrogen-bond donors (Lipinski definition) is 3. The van der Waals surface area contributed by atoms with Gasteiger partial charge in [-0.2, -0.15) is 0 Å². The number of nitrogens with zero attached hydrogens (tertiary/aromatic N) is 1. The van der Waals surface area contributed by atoms with Gasteiger partial charge < -0.3 is 20.5 Å². The van der Waals surface area contributed by atoms with Crippen molar-refractivity contribution < 1.29 is 9.84 Å². The normalized spacial score (nSPS) is 16.2. The van der Waals surface area contributed by atoms with Gasteiger partial charge in [0.15, 0.2) is 5.96 Å². The van der Waals surface area contributed by atoms with Crippen LogP contribution in [0, 0.1) is 5.41 Å². The number of aliphatic imine (C=N–C) groups is 1. The Balaban J connectivity index is 0.00000625. The number of halogens is 1. The van der Waals surface area contributed by atoms with Crippen molar-refractivity contribution in [3.05, 3.63) is 0 Å². The van der Waals surface area contributed by atoms with Crippen molar-refractivity contribution in [3.63, 3.8) is 0 Å². The number of rotatable bonds is 12. The number of ether oxygens (including phenoxy) is 1. The summed E-state index contributed by atoms with van der Waals surface area (Å²) in [6, 6.07) is 0. The monoisotopic (exact) mass is 483 g/mol. The van der Waals surface area contributed by atoms with Crippen LogP contribution in [0.1, 0.15) is 78.6 Å². The van der Waals surface area contributed by atoms with Crippen LogP contribution in [0.15, 0.2) is 4.99 Å². The summed E-state index contributed by atoms with van der Waals surface area (Å²) < 4.78 is 5.98. The molecule has 0 heterocycles. The maximum absolute atomic E-state index is 9.35. The fourth-order valence-corrected chi connectivity index (χ4v) is 3.49. The Hall–Kier alpha value is -0.0800. The number of aliphatic hydroxyl groups excluding tert-OH is 1. The van der Waals surface area contributed by atoms with Gasteiger partial charge in [0.25, 0.3) is 0 Å². The van der Waals surface area contributed by atoms with Crippen LogP contribution in [-0.2, 0) is 4.74 Å². The van der Waals surface area contributed by atoms with Crippen molar-refractivity contribution in [3.8, 4) is 0 Å². The molecule has 0 radical (unpaired) electrons. The van der Waals surface area contributed by atoms with Gasteiger partial charge in [0.2, 0.25) is 0 Å². The summed E-state index contributed by atoms with van der Waals surface area (Å²) in [5, 5.41) is 16.1. The molecule has 1 aliphatic rings. The largest absolute Gasteiger partial charge is 0.396 e. The SMILES string of the molecule is CCNC(=NCC(CC)(CC)CCO)NCCCOC1CCCCC1.I. The lowest BCUT2D eigenvalue weighted by molar-refractivity contribution is 0.0277. The second-order valence-corrected chi connectivity index (χ2v) is 7.29. The van der Waals surface area contributed by atoms with Gasteiger partial charge in [0.05, 0.1) is 6.10 Å². The zero-order valence-electron chi connectivity index (χ0n) is 17.2. The number of hydrogen-bond acceptors (Lipinski definition) is 3. The van der Waals surface area contributed by atoms with Crippen molar-refractivity contribution in [1.29, 1.82) is 0 Å². The first-order valence-electron chi connectivity index (χ1n) is 10.4. The molecule has 0 aromatic heterocycles. The predicted octanol–water partition coefficient (Wildman–Crippen LogP) is 4.09. The molecular weight excluding hydrogens is 441 g/mol. The second kappa shape index (κ2) is 15.9. The van der Waals surface area contributed by atoms with E-state index in [0.717, 1.165) is 57.9 Å². The predicted molar refractivity (Wildman–Crippen MR) is 122 cm³/mol. The van der Waals surface area contributed by atoms with Gasteiger partial charge in [0, 0.05) is 32.8 Å². The molecule has 3 N–H and O–H groups in total. The van der Waals surface area contributed by atoms with Gasteiger partial charge >= 0.3 is 0 Å². The van der Waals surface area contributed by atoms with Crippen molar-refractivity contribution in [1.82, 2.24) is 10.6 Å². The number of nitrogens with one attached hydrogen (secondary N) is 2. The van der Waals surface area contributed by atoms with E-state index in [2.05, 4.69) is 31.4 Å². The molecule has 1 saturated carbocycles. The summed E-state index contributed by atoms with van der Waals surface area (Å²) in [6.07, 6.45) is 10.9. The Morgan fingerprint density at radius 1 is 1.12 bits per heavy atom. The van der Waals surface area contributed by atoms with E-state index in [1.54, 1.807) is 0 Å². The molecule has 0 saturated heterocycles. The highest BCUT2D eigenvalue weighted by molar-refractivity contribution is 14.0. The van der Waals surface area contributed by atoms with Crippen molar-refractivity contribution in [2.24, 2.45) is 10.4 Å². The molecule has 26 heavy (non-hydrogen) atoms. The topological polar surface area (TPSA) is 65.9 Å². The Morgan fingerprint density at radius 2 is 1.81 bits per heavy atom. The van der Waals surface area contributed by atoms with Gasteiger partial charge in [-0.25, -0.2) is 0 Å². The fraction of sp³-hybridized carbons (Fsp3) is 0.950. The van der Waals surface area contributed by atoms with Crippen LogP contribution in [0.3, 0.4) is 0 Å². The molecule has 0 aliphatic heterocycles. The molecule has 156 valence electrons. The van der Waals surface area contributed by atoms with Crippen LogP contribution in [0.5, 0.6) is 0 Å². The van der Waals surface area contributed by atoms with E-state index >= 15 is 0 Å². The van der Waals surface area contributed by atoms with Crippen LogP contribution in [0.25, 0.3) is 0 Å². The first kappa shape index (κ1) is 25.9. The van der Waals surface area contributed by atoms with E-state index in [1.807, 2.05) is 0 Å². The third kappa shape index (κ3) is 10.3. The van der Waals surface area contributed by atoms with Crippen LogP contribution in [0.2, 0.25) is 0 Å². The molecule has 0 amide bonds. The highest BCUT2D eigenvalue weighted by atomic mass is 127. The lowest BCUT2D eigenvalue weighted by atomic mass is 9.79. The van der Waals surface area contributed by atoms with E-state index in [9.17, 15) is 5.11 Å². The minimum atomic E-state index is 0. The van der Waals surface area contributed by atoms with Crippen LogP contribution < -0.4 is 10.6 Å². The minimum Gasteiger partial charge on any atom is -0.396 e. The number of guanidine groups is 1. The Kier molecular flexibility index (Phi) is 15.9. The van der Waals surface area contributed by atoms with E-state index in [0.29, 0.717) is 6.10 Å². The first-order chi connectivity index (χ1) is 12.2. The molecular formula is C20H42IN3O2. The molecule has 1 fully saturated rings. The van der Waals surface area contributed by atoms with Gasteiger partial charge in [0.1, 0.15) is 0 Å². The smallest absolute Gasteiger partial charge is 0.191 e. The average Bonchev–Trinajstić information content (AvgIpc) is 2.65. The second-order valence-electron chi connectivity index (χ2n) is 7.29. The van der Waals surface area contributed by atoms with Gasteiger partial charge in [-0.3, -0.25) is 4.99 Å².